The van der Waals surface area contributed by atoms with Crippen molar-refractivity contribution >= 4 is 17.4 Å². The van der Waals surface area contributed by atoms with E-state index in [0.717, 1.165) is 26.2 Å². The van der Waals surface area contributed by atoms with Crippen molar-refractivity contribution in [1.29, 1.82) is 0 Å². The first-order valence-electron chi connectivity index (χ1n) is 6.64. The fourth-order valence-electron chi connectivity index (χ4n) is 2.92. The molecule has 0 radical (unpaired) electrons. The van der Waals surface area contributed by atoms with Crippen LogP contribution in [0.5, 0.6) is 0 Å². The maximum absolute atomic E-state index is 12.2. The summed E-state index contributed by atoms with van der Waals surface area (Å²) in [6, 6.07) is 5.82. The van der Waals surface area contributed by atoms with Crippen LogP contribution in [0.4, 0.5) is 16.2 Å². The first-order valence-corrected chi connectivity index (χ1v) is 6.64. The highest BCUT2D eigenvalue weighted by molar-refractivity contribution is 5.89. The number of fused-ring (bicyclic) bond motifs is 1. The summed E-state index contributed by atoms with van der Waals surface area (Å²) in [4.78, 5) is 24.2. The molecule has 0 aliphatic carbocycles. The van der Waals surface area contributed by atoms with E-state index in [0.29, 0.717) is 17.5 Å². The van der Waals surface area contributed by atoms with Crippen LogP contribution in [0.15, 0.2) is 24.3 Å². The molecule has 2 amide bonds. The van der Waals surface area contributed by atoms with Gasteiger partial charge in [-0.05, 0) is 17.9 Å². The number of amides is 2. The topological polar surface area (TPSA) is 87.5 Å². The third-order valence-electron chi connectivity index (χ3n) is 3.98. The number of likely N-dealkylation sites (tertiary alicyclic amines) is 1. The fourth-order valence-corrected chi connectivity index (χ4v) is 2.92. The van der Waals surface area contributed by atoms with Gasteiger partial charge in [-0.25, -0.2) is 4.79 Å². The molecule has 2 atom stereocenters. The number of hydrogen-bond donors (Lipinski definition) is 2. The average molecular weight is 276 g/mol. The molecule has 7 heteroatoms. The Balaban J connectivity index is 1.64. The van der Waals surface area contributed by atoms with Gasteiger partial charge in [0.15, 0.2) is 0 Å². The third kappa shape index (κ3) is 2.44. The first kappa shape index (κ1) is 12.9. The van der Waals surface area contributed by atoms with Crippen molar-refractivity contribution in [3.05, 3.63) is 34.4 Å². The molecule has 2 unspecified atom stereocenters. The van der Waals surface area contributed by atoms with Crippen LogP contribution in [0.3, 0.4) is 0 Å². The van der Waals surface area contributed by atoms with Gasteiger partial charge in [-0.15, -0.1) is 0 Å². The number of anilines is 1. The summed E-state index contributed by atoms with van der Waals surface area (Å²) >= 11 is 0. The second-order valence-corrected chi connectivity index (χ2v) is 5.32. The first-order chi connectivity index (χ1) is 9.63. The lowest BCUT2D eigenvalue weighted by Crippen LogP contribution is -2.35. The molecule has 2 heterocycles. The predicted molar refractivity (Wildman–Crippen MR) is 73.5 cm³/mol. The molecule has 2 fully saturated rings. The minimum atomic E-state index is -0.471. The Morgan fingerprint density at radius 3 is 2.70 bits per heavy atom. The quantitative estimate of drug-likeness (QED) is 0.629. The fraction of sp³-hybridized carbons (Fsp3) is 0.462. The zero-order valence-corrected chi connectivity index (χ0v) is 10.9. The Hall–Kier alpha value is -2.15. The number of non-ortho nitro benzene ring substituents is 1. The molecule has 0 aromatic heterocycles. The summed E-state index contributed by atoms with van der Waals surface area (Å²) in [5.41, 5.74) is 0.435. The number of hydrogen-bond acceptors (Lipinski definition) is 4. The summed E-state index contributed by atoms with van der Waals surface area (Å²) in [6.07, 6.45) is 0. The Kier molecular flexibility index (Phi) is 3.27. The number of carbonyl (C=O) groups excluding carboxylic acids is 1. The summed E-state index contributed by atoms with van der Waals surface area (Å²) in [5, 5.41) is 16.8. The van der Waals surface area contributed by atoms with Gasteiger partial charge in [-0.3, -0.25) is 10.1 Å². The second-order valence-electron chi connectivity index (χ2n) is 5.32. The number of rotatable bonds is 2. The van der Waals surface area contributed by atoms with Crippen LogP contribution in [0, 0.1) is 22.0 Å². The van der Waals surface area contributed by atoms with Crippen molar-refractivity contribution in [3.8, 4) is 0 Å². The molecule has 3 rings (SSSR count). The van der Waals surface area contributed by atoms with E-state index >= 15 is 0 Å². The number of nitrogens with one attached hydrogen (secondary N) is 2. The third-order valence-corrected chi connectivity index (χ3v) is 3.98. The van der Waals surface area contributed by atoms with Gasteiger partial charge in [0.25, 0.3) is 5.69 Å². The highest BCUT2D eigenvalue weighted by Crippen LogP contribution is 2.27. The van der Waals surface area contributed by atoms with Crippen LogP contribution >= 0.6 is 0 Å². The van der Waals surface area contributed by atoms with E-state index in [1.165, 1.54) is 12.1 Å². The van der Waals surface area contributed by atoms with Crippen molar-refractivity contribution in [2.75, 3.05) is 31.5 Å². The number of nitrogens with zero attached hydrogens (tertiary/aromatic N) is 2. The predicted octanol–water partition coefficient (Wildman–Crippen LogP) is 1.28. The molecule has 106 valence electrons. The molecular formula is C13H16N4O3. The number of carbonyl (C=O) groups is 1. The Morgan fingerprint density at radius 2 is 2.05 bits per heavy atom. The maximum Gasteiger partial charge on any atom is 0.321 e. The molecule has 1 aromatic carbocycles. The van der Waals surface area contributed by atoms with E-state index < -0.39 is 4.92 Å². The van der Waals surface area contributed by atoms with Crippen LogP contribution < -0.4 is 10.6 Å². The second kappa shape index (κ2) is 5.09. The maximum atomic E-state index is 12.2. The Labute approximate surface area is 116 Å². The van der Waals surface area contributed by atoms with Crippen molar-refractivity contribution < 1.29 is 9.72 Å². The standard InChI is InChI=1S/C13H16N4O3/c18-13(16-7-9-5-14-6-10(9)8-16)15-11-2-1-3-12(4-11)17(19)20/h1-4,9-10,14H,5-8H2,(H,15,18). The molecule has 0 saturated carbocycles. The van der Waals surface area contributed by atoms with Gasteiger partial charge in [0.1, 0.15) is 0 Å². The van der Waals surface area contributed by atoms with E-state index in [1.54, 1.807) is 17.0 Å². The van der Waals surface area contributed by atoms with Gasteiger partial charge in [0.2, 0.25) is 0 Å². The van der Waals surface area contributed by atoms with Gasteiger partial charge < -0.3 is 15.5 Å². The smallest absolute Gasteiger partial charge is 0.321 e. The average Bonchev–Trinajstić information content (AvgIpc) is 2.99. The zero-order chi connectivity index (χ0) is 14.1. The SMILES string of the molecule is O=C(Nc1cccc([N+](=O)[O-])c1)N1CC2CNCC2C1. The molecule has 20 heavy (non-hydrogen) atoms. The van der Waals surface area contributed by atoms with Crippen molar-refractivity contribution in [1.82, 2.24) is 10.2 Å². The van der Waals surface area contributed by atoms with Crippen molar-refractivity contribution in [2.24, 2.45) is 11.8 Å². The van der Waals surface area contributed by atoms with Crippen molar-refractivity contribution in [2.45, 2.75) is 0 Å². The highest BCUT2D eigenvalue weighted by Gasteiger charge is 2.38. The Bertz CT molecular complexity index is 536. The molecule has 0 bridgehead atoms. The monoisotopic (exact) mass is 276 g/mol. The van der Waals surface area contributed by atoms with Crippen LogP contribution in [0.1, 0.15) is 0 Å². The van der Waals surface area contributed by atoms with E-state index in [1.807, 2.05) is 0 Å². The number of benzene rings is 1. The van der Waals surface area contributed by atoms with Crippen LogP contribution in [-0.4, -0.2) is 42.0 Å². The lowest BCUT2D eigenvalue weighted by atomic mass is 10.0. The molecule has 2 N–H and O–H groups in total. The van der Waals surface area contributed by atoms with Crippen molar-refractivity contribution in [3.63, 3.8) is 0 Å². The molecule has 2 aliphatic rings. The molecule has 1 aromatic rings. The van der Waals surface area contributed by atoms with Gasteiger partial charge in [0.05, 0.1) is 4.92 Å². The van der Waals surface area contributed by atoms with Crippen LogP contribution in [-0.2, 0) is 0 Å². The largest absolute Gasteiger partial charge is 0.324 e. The minimum absolute atomic E-state index is 0.0229. The summed E-state index contributed by atoms with van der Waals surface area (Å²) in [6.45, 7) is 3.42. The normalized spacial score (nSPS) is 24.5. The zero-order valence-electron chi connectivity index (χ0n) is 10.9. The summed E-state index contributed by atoms with van der Waals surface area (Å²) in [7, 11) is 0. The van der Waals surface area contributed by atoms with Gasteiger partial charge in [0, 0.05) is 44.0 Å². The summed E-state index contributed by atoms with van der Waals surface area (Å²) in [5.74, 6) is 1.07. The minimum Gasteiger partial charge on any atom is -0.324 e. The van der Waals surface area contributed by atoms with E-state index in [9.17, 15) is 14.9 Å². The molecule has 2 saturated heterocycles. The van der Waals surface area contributed by atoms with E-state index in [2.05, 4.69) is 10.6 Å². The lowest BCUT2D eigenvalue weighted by molar-refractivity contribution is -0.384. The number of urea groups is 1. The number of nitro groups is 1. The van der Waals surface area contributed by atoms with Crippen LogP contribution in [0.25, 0.3) is 0 Å². The van der Waals surface area contributed by atoms with Crippen LogP contribution in [0.2, 0.25) is 0 Å². The highest BCUT2D eigenvalue weighted by atomic mass is 16.6. The molecule has 2 aliphatic heterocycles. The molecule has 0 spiro atoms. The van der Waals surface area contributed by atoms with E-state index in [-0.39, 0.29) is 11.7 Å². The molecule has 7 nitrogen and oxygen atoms in total. The lowest BCUT2D eigenvalue weighted by Gasteiger charge is -2.18. The van der Waals surface area contributed by atoms with E-state index in [4.69, 9.17) is 0 Å². The van der Waals surface area contributed by atoms with Gasteiger partial charge >= 0.3 is 6.03 Å². The number of nitro benzene ring substituents is 1. The molecular weight excluding hydrogens is 260 g/mol. The van der Waals surface area contributed by atoms with Gasteiger partial charge in [-0.2, -0.15) is 0 Å². The van der Waals surface area contributed by atoms with Gasteiger partial charge in [-0.1, -0.05) is 6.07 Å². The summed E-state index contributed by atoms with van der Waals surface area (Å²) < 4.78 is 0. The Morgan fingerprint density at radius 1 is 1.35 bits per heavy atom.